The van der Waals surface area contributed by atoms with Gasteiger partial charge in [-0.1, -0.05) is 29.8 Å². The molecule has 0 unspecified atom stereocenters. The number of para-hydroxylation sites is 1. The van der Waals surface area contributed by atoms with Crippen LogP contribution in [-0.4, -0.2) is 29.7 Å². The van der Waals surface area contributed by atoms with Crippen LogP contribution in [0.5, 0.6) is 11.5 Å². The van der Waals surface area contributed by atoms with E-state index in [2.05, 4.69) is 10.3 Å². The molecule has 8 nitrogen and oxygen atoms in total. The number of halogens is 1. The summed E-state index contributed by atoms with van der Waals surface area (Å²) in [6, 6.07) is 16.1. The lowest BCUT2D eigenvalue weighted by molar-refractivity contribution is 0.102. The monoisotopic (exact) mass is 451 g/mol. The third-order valence-corrected chi connectivity index (χ3v) is 5.19. The highest BCUT2D eigenvalue weighted by Gasteiger charge is 2.16. The minimum Gasteiger partial charge on any atom is -0.495 e. The van der Waals surface area contributed by atoms with Gasteiger partial charge in [-0.15, -0.1) is 0 Å². The van der Waals surface area contributed by atoms with Gasteiger partial charge in [0.05, 0.1) is 41.5 Å². The molecule has 0 saturated carbocycles. The van der Waals surface area contributed by atoms with Gasteiger partial charge in [0.15, 0.2) is 0 Å². The van der Waals surface area contributed by atoms with Crippen LogP contribution in [-0.2, 0) is 0 Å². The number of aromatic amines is 1. The molecule has 4 aromatic rings. The number of nitrogens with one attached hydrogen (secondary N) is 2. The summed E-state index contributed by atoms with van der Waals surface area (Å²) in [6.45, 7) is 0. The normalized spacial score (nSPS) is 10.7. The van der Waals surface area contributed by atoms with E-state index < -0.39 is 17.2 Å². The molecule has 0 atom stereocenters. The number of amides is 1. The lowest BCUT2D eigenvalue weighted by atomic mass is 10.1. The summed E-state index contributed by atoms with van der Waals surface area (Å²) < 4.78 is 11.5. The highest BCUT2D eigenvalue weighted by Crippen LogP contribution is 2.36. The van der Waals surface area contributed by atoms with Crippen LogP contribution in [0.1, 0.15) is 10.4 Å². The number of ether oxygens (including phenoxy) is 2. The molecular weight excluding hydrogens is 434 g/mol. The molecule has 0 aliphatic heterocycles. The van der Waals surface area contributed by atoms with E-state index in [1.807, 2.05) is 0 Å². The number of hydrogen-bond donors (Lipinski definition) is 2. The maximum Gasteiger partial charge on any atom is 0.333 e. The highest BCUT2D eigenvalue weighted by molar-refractivity contribution is 6.32. The first-order valence-electron chi connectivity index (χ1n) is 9.50. The van der Waals surface area contributed by atoms with Crippen LogP contribution in [0.15, 0.2) is 70.3 Å². The van der Waals surface area contributed by atoms with Gasteiger partial charge in [0, 0.05) is 17.7 Å². The Balaban J connectivity index is 1.73. The SMILES string of the molecule is COc1cc(NC(=O)c2ccc3c(=O)n(-c4ccccc4)c(=O)[nH]c3c2)c(OC)cc1Cl. The number of carbonyl (C=O) groups excluding carboxylic acids is 1. The lowest BCUT2D eigenvalue weighted by Gasteiger charge is -2.13. The van der Waals surface area contributed by atoms with Crippen molar-refractivity contribution < 1.29 is 14.3 Å². The fourth-order valence-corrected chi connectivity index (χ4v) is 3.55. The van der Waals surface area contributed by atoms with Gasteiger partial charge in [-0.3, -0.25) is 9.59 Å². The van der Waals surface area contributed by atoms with Crippen LogP contribution in [0.25, 0.3) is 16.6 Å². The van der Waals surface area contributed by atoms with E-state index in [9.17, 15) is 14.4 Å². The molecule has 1 heterocycles. The van der Waals surface area contributed by atoms with E-state index in [1.165, 1.54) is 38.5 Å². The van der Waals surface area contributed by atoms with Gasteiger partial charge >= 0.3 is 5.69 Å². The second-order valence-electron chi connectivity index (χ2n) is 6.81. The van der Waals surface area contributed by atoms with Gasteiger partial charge in [-0.25, -0.2) is 9.36 Å². The fraction of sp³-hybridized carbons (Fsp3) is 0.0870. The van der Waals surface area contributed by atoms with Gasteiger partial charge in [-0.2, -0.15) is 0 Å². The molecule has 0 saturated heterocycles. The summed E-state index contributed by atoms with van der Waals surface area (Å²) in [5.74, 6) is 0.249. The number of H-pyrrole nitrogens is 1. The molecule has 4 rings (SSSR count). The first-order valence-corrected chi connectivity index (χ1v) is 9.88. The van der Waals surface area contributed by atoms with Crippen LogP contribution >= 0.6 is 11.6 Å². The Bertz CT molecular complexity index is 1440. The van der Waals surface area contributed by atoms with Crippen molar-refractivity contribution in [1.82, 2.24) is 9.55 Å². The van der Waals surface area contributed by atoms with E-state index in [1.54, 1.807) is 36.4 Å². The van der Waals surface area contributed by atoms with Crippen LogP contribution in [0.2, 0.25) is 5.02 Å². The Kier molecular flexibility index (Phi) is 5.70. The number of anilines is 1. The summed E-state index contributed by atoms with van der Waals surface area (Å²) in [7, 11) is 2.91. The summed E-state index contributed by atoms with van der Waals surface area (Å²) in [5.41, 5.74) is 0.209. The second kappa shape index (κ2) is 8.60. The van der Waals surface area contributed by atoms with Gasteiger partial charge in [-0.05, 0) is 30.3 Å². The van der Waals surface area contributed by atoms with Crippen LogP contribution < -0.4 is 26.0 Å². The minimum atomic E-state index is -0.602. The predicted molar refractivity (Wildman–Crippen MR) is 123 cm³/mol. The Labute approximate surface area is 187 Å². The van der Waals surface area contributed by atoms with Crippen molar-refractivity contribution in [2.75, 3.05) is 19.5 Å². The molecule has 0 fully saturated rings. The van der Waals surface area contributed by atoms with Crippen molar-refractivity contribution >= 4 is 34.1 Å². The smallest absolute Gasteiger partial charge is 0.333 e. The average Bonchev–Trinajstić information content (AvgIpc) is 2.80. The molecule has 9 heteroatoms. The third-order valence-electron chi connectivity index (χ3n) is 4.90. The van der Waals surface area contributed by atoms with Crippen molar-refractivity contribution in [3.8, 4) is 17.2 Å². The Hall–Kier alpha value is -4.04. The first kappa shape index (κ1) is 21.2. The fourth-order valence-electron chi connectivity index (χ4n) is 3.32. The lowest BCUT2D eigenvalue weighted by Crippen LogP contribution is -2.33. The molecule has 3 aromatic carbocycles. The quantitative estimate of drug-likeness (QED) is 0.482. The number of carbonyl (C=O) groups is 1. The number of nitrogens with zero attached hydrogens (tertiary/aromatic N) is 1. The molecule has 0 spiro atoms. The summed E-state index contributed by atoms with van der Waals surface area (Å²) in [4.78, 5) is 41.0. The topological polar surface area (TPSA) is 102 Å². The zero-order valence-electron chi connectivity index (χ0n) is 17.1. The largest absolute Gasteiger partial charge is 0.495 e. The van der Waals surface area contributed by atoms with Crippen LogP contribution in [0.4, 0.5) is 5.69 Å². The number of rotatable bonds is 5. The number of aromatic nitrogens is 2. The second-order valence-corrected chi connectivity index (χ2v) is 7.21. The van der Waals surface area contributed by atoms with Crippen molar-refractivity contribution in [3.05, 3.63) is 92.1 Å². The predicted octanol–water partition coefficient (Wildman–Crippen LogP) is 3.60. The number of hydrogen-bond acceptors (Lipinski definition) is 5. The maximum absolute atomic E-state index is 12.9. The van der Waals surface area contributed by atoms with Gasteiger partial charge in [0.25, 0.3) is 11.5 Å². The Morgan fingerprint density at radius 1 is 0.969 bits per heavy atom. The average molecular weight is 452 g/mol. The Morgan fingerprint density at radius 2 is 1.69 bits per heavy atom. The van der Waals surface area contributed by atoms with E-state index in [-0.39, 0.29) is 16.5 Å². The minimum absolute atomic E-state index is 0.237. The number of benzene rings is 3. The van der Waals surface area contributed by atoms with Gasteiger partial charge in [0.1, 0.15) is 11.5 Å². The molecule has 162 valence electrons. The van der Waals surface area contributed by atoms with E-state index in [0.717, 1.165) is 4.57 Å². The van der Waals surface area contributed by atoms with Gasteiger partial charge < -0.3 is 19.8 Å². The van der Waals surface area contributed by atoms with Gasteiger partial charge in [0.2, 0.25) is 0 Å². The number of fused-ring (bicyclic) bond motifs is 1. The molecule has 0 aliphatic rings. The van der Waals surface area contributed by atoms with Crippen molar-refractivity contribution in [2.24, 2.45) is 0 Å². The Morgan fingerprint density at radius 3 is 2.38 bits per heavy atom. The molecular formula is C23H18ClN3O5. The highest BCUT2D eigenvalue weighted by atomic mass is 35.5. The zero-order valence-corrected chi connectivity index (χ0v) is 17.9. The first-order chi connectivity index (χ1) is 15.4. The zero-order chi connectivity index (χ0) is 22.8. The summed E-state index contributed by atoms with van der Waals surface area (Å²) >= 11 is 6.10. The van der Waals surface area contributed by atoms with E-state index in [4.69, 9.17) is 21.1 Å². The molecule has 0 bridgehead atoms. The standard InChI is InChI=1S/C23H18ClN3O5/c1-31-19-12-18(20(32-2)11-16(19)24)25-21(28)13-8-9-15-17(10-13)26-23(30)27(22(15)29)14-6-4-3-5-7-14/h3-12H,1-2H3,(H,25,28)(H,26,30). The molecule has 32 heavy (non-hydrogen) atoms. The molecule has 1 amide bonds. The van der Waals surface area contributed by atoms with Crippen molar-refractivity contribution in [3.63, 3.8) is 0 Å². The molecule has 0 aliphatic carbocycles. The molecule has 0 radical (unpaired) electrons. The van der Waals surface area contributed by atoms with Crippen molar-refractivity contribution in [2.45, 2.75) is 0 Å². The summed E-state index contributed by atoms with van der Waals surface area (Å²) in [5, 5.41) is 3.34. The number of methoxy groups -OCH3 is 2. The summed E-state index contributed by atoms with van der Waals surface area (Å²) in [6.07, 6.45) is 0. The molecule has 2 N–H and O–H groups in total. The van der Waals surface area contributed by atoms with E-state index >= 15 is 0 Å². The maximum atomic E-state index is 12.9. The van der Waals surface area contributed by atoms with Crippen LogP contribution in [0.3, 0.4) is 0 Å². The van der Waals surface area contributed by atoms with E-state index in [0.29, 0.717) is 27.9 Å². The van der Waals surface area contributed by atoms with Crippen molar-refractivity contribution in [1.29, 1.82) is 0 Å². The molecule has 1 aromatic heterocycles. The third kappa shape index (κ3) is 3.83. The van der Waals surface area contributed by atoms with Crippen LogP contribution in [0, 0.1) is 0 Å².